The minimum Gasteiger partial charge on any atom is -0.493 e. The summed E-state index contributed by atoms with van der Waals surface area (Å²) >= 11 is 1.40. The van der Waals surface area contributed by atoms with Crippen LogP contribution < -0.4 is 15.2 Å². The Bertz CT molecular complexity index is 1200. The van der Waals surface area contributed by atoms with Gasteiger partial charge in [0.05, 0.1) is 19.1 Å². The largest absolute Gasteiger partial charge is 0.493 e. The second kappa shape index (κ2) is 8.05. The highest BCUT2D eigenvalue weighted by molar-refractivity contribution is 7.16. The number of non-ortho nitro benzene ring substituents is 1. The Kier molecular flexibility index (Phi) is 5.29. The van der Waals surface area contributed by atoms with Gasteiger partial charge in [-0.1, -0.05) is 17.4 Å². The van der Waals surface area contributed by atoms with E-state index in [1.165, 1.54) is 23.5 Å². The molecule has 4 aromatic rings. The molecule has 0 aliphatic carbocycles. The molecule has 2 N–H and O–H groups in total. The third-order valence-corrected chi connectivity index (χ3v) is 5.52. The second-order valence-corrected chi connectivity index (χ2v) is 7.48. The van der Waals surface area contributed by atoms with Crippen LogP contribution in [0, 0.1) is 10.1 Å². The number of ether oxygens (including phenoxy) is 2. The van der Waals surface area contributed by atoms with Crippen LogP contribution in [0.15, 0.2) is 42.5 Å². The molecule has 11 heteroatoms. The van der Waals surface area contributed by atoms with Crippen LogP contribution in [-0.4, -0.2) is 39.0 Å². The lowest BCUT2D eigenvalue weighted by molar-refractivity contribution is -0.384. The van der Waals surface area contributed by atoms with Gasteiger partial charge in [0.25, 0.3) is 5.69 Å². The number of nitrogens with zero attached hydrogens (tertiary/aromatic N) is 5. The van der Waals surface area contributed by atoms with Crippen molar-refractivity contribution in [2.24, 2.45) is 5.73 Å². The van der Waals surface area contributed by atoms with Gasteiger partial charge >= 0.3 is 0 Å². The average molecular weight is 426 g/mol. The van der Waals surface area contributed by atoms with E-state index in [-0.39, 0.29) is 11.7 Å². The van der Waals surface area contributed by atoms with Crippen molar-refractivity contribution in [1.29, 1.82) is 0 Å². The molecule has 4 rings (SSSR count). The maximum Gasteiger partial charge on any atom is 0.269 e. The van der Waals surface area contributed by atoms with Gasteiger partial charge < -0.3 is 15.2 Å². The summed E-state index contributed by atoms with van der Waals surface area (Å²) in [5.41, 5.74) is 7.99. The number of rotatable bonds is 7. The lowest BCUT2D eigenvalue weighted by Crippen LogP contribution is -2.13. The standard InChI is InChI=1S/C19H18N6O4S/c1-28-15-8-5-12(9-16(15)29-2)14(20)10-17-23-24-18(21-22-19(24)30-17)11-3-6-13(7-4-11)25(26)27/h3-9,14H,10,20H2,1-2H3. The number of nitro groups is 1. The van der Waals surface area contributed by atoms with Gasteiger partial charge in [0.2, 0.25) is 4.96 Å². The molecule has 0 radical (unpaired) electrons. The summed E-state index contributed by atoms with van der Waals surface area (Å²) in [5.74, 6) is 1.77. The number of hydrogen-bond acceptors (Lipinski definition) is 9. The zero-order chi connectivity index (χ0) is 21.3. The van der Waals surface area contributed by atoms with Gasteiger partial charge in [-0.15, -0.1) is 10.2 Å². The molecular formula is C19H18N6O4S. The van der Waals surface area contributed by atoms with Gasteiger partial charge in [-0.2, -0.15) is 9.61 Å². The molecular weight excluding hydrogens is 408 g/mol. The van der Waals surface area contributed by atoms with Gasteiger partial charge in [-0.3, -0.25) is 10.1 Å². The van der Waals surface area contributed by atoms with Crippen LogP contribution in [0.4, 0.5) is 5.69 Å². The van der Waals surface area contributed by atoms with Crippen LogP contribution >= 0.6 is 11.3 Å². The van der Waals surface area contributed by atoms with Crippen LogP contribution in [0.25, 0.3) is 16.3 Å². The molecule has 2 heterocycles. The van der Waals surface area contributed by atoms with Crippen LogP contribution in [0.1, 0.15) is 16.6 Å². The molecule has 0 saturated carbocycles. The Balaban J connectivity index is 1.58. The molecule has 0 bridgehead atoms. The number of aromatic nitrogens is 4. The van der Waals surface area contributed by atoms with Crippen LogP contribution in [0.5, 0.6) is 11.5 Å². The number of benzene rings is 2. The van der Waals surface area contributed by atoms with Crippen LogP contribution in [-0.2, 0) is 6.42 Å². The second-order valence-electron chi connectivity index (χ2n) is 6.44. The minimum atomic E-state index is -0.445. The predicted molar refractivity (Wildman–Crippen MR) is 111 cm³/mol. The zero-order valence-electron chi connectivity index (χ0n) is 16.2. The molecule has 154 valence electrons. The van der Waals surface area contributed by atoms with Crippen molar-refractivity contribution >= 4 is 22.0 Å². The van der Waals surface area contributed by atoms with Gasteiger partial charge in [0, 0.05) is 30.2 Å². The summed E-state index contributed by atoms with van der Waals surface area (Å²) in [4.78, 5) is 11.0. The van der Waals surface area contributed by atoms with Crippen molar-refractivity contribution < 1.29 is 14.4 Å². The predicted octanol–water partition coefficient (Wildman–Crippen LogP) is 3.02. The van der Waals surface area contributed by atoms with Crippen LogP contribution in [0.2, 0.25) is 0 Å². The van der Waals surface area contributed by atoms with E-state index < -0.39 is 4.92 Å². The first-order valence-corrected chi connectivity index (χ1v) is 9.75. The number of methoxy groups -OCH3 is 2. The molecule has 1 atom stereocenters. The maximum atomic E-state index is 10.8. The van der Waals surface area contributed by atoms with Crippen molar-refractivity contribution in [2.45, 2.75) is 12.5 Å². The molecule has 0 spiro atoms. The van der Waals surface area contributed by atoms with E-state index in [1.807, 2.05) is 18.2 Å². The normalized spacial score (nSPS) is 12.1. The summed E-state index contributed by atoms with van der Waals surface area (Å²) in [6, 6.07) is 11.4. The van der Waals surface area contributed by atoms with Gasteiger partial charge in [0.15, 0.2) is 17.3 Å². The minimum absolute atomic E-state index is 0.0133. The van der Waals surface area contributed by atoms with E-state index in [4.69, 9.17) is 15.2 Å². The lowest BCUT2D eigenvalue weighted by Gasteiger charge is -2.13. The first-order valence-electron chi connectivity index (χ1n) is 8.93. The number of nitro benzene ring substituents is 1. The first-order chi connectivity index (χ1) is 14.5. The molecule has 0 aliphatic rings. The van der Waals surface area contributed by atoms with Crippen molar-refractivity contribution in [2.75, 3.05) is 14.2 Å². The van der Waals surface area contributed by atoms with E-state index in [0.29, 0.717) is 34.3 Å². The summed E-state index contributed by atoms with van der Waals surface area (Å²) in [6.45, 7) is 0. The third-order valence-electron chi connectivity index (χ3n) is 4.60. The Morgan fingerprint density at radius 2 is 1.87 bits per heavy atom. The smallest absolute Gasteiger partial charge is 0.269 e. The summed E-state index contributed by atoms with van der Waals surface area (Å²) in [7, 11) is 3.16. The molecule has 2 aromatic heterocycles. The molecule has 0 aliphatic heterocycles. The fourth-order valence-electron chi connectivity index (χ4n) is 3.04. The fraction of sp³-hybridized carbons (Fsp3) is 0.211. The van der Waals surface area contributed by atoms with E-state index in [1.54, 1.807) is 30.9 Å². The number of nitrogens with two attached hydrogens (primary N) is 1. The molecule has 1 unspecified atom stereocenters. The van der Waals surface area contributed by atoms with E-state index >= 15 is 0 Å². The molecule has 10 nitrogen and oxygen atoms in total. The maximum absolute atomic E-state index is 10.8. The van der Waals surface area contributed by atoms with Crippen LogP contribution in [0.3, 0.4) is 0 Å². The third kappa shape index (κ3) is 3.67. The van der Waals surface area contributed by atoms with E-state index in [2.05, 4.69) is 15.3 Å². The molecule has 30 heavy (non-hydrogen) atoms. The number of hydrogen-bond donors (Lipinski definition) is 1. The van der Waals surface area contributed by atoms with Crippen molar-refractivity contribution in [3.63, 3.8) is 0 Å². The monoisotopic (exact) mass is 426 g/mol. The van der Waals surface area contributed by atoms with Gasteiger partial charge in [-0.25, -0.2) is 0 Å². The SMILES string of the molecule is COc1ccc(C(N)Cc2nn3c(-c4ccc([N+](=O)[O-])cc4)nnc3s2)cc1OC. The highest BCUT2D eigenvalue weighted by atomic mass is 32.1. The summed E-state index contributed by atoms with van der Waals surface area (Å²) < 4.78 is 12.2. The van der Waals surface area contributed by atoms with Gasteiger partial charge in [0.1, 0.15) is 5.01 Å². The fourth-order valence-corrected chi connectivity index (χ4v) is 3.93. The molecule has 0 saturated heterocycles. The van der Waals surface area contributed by atoms with E-state index in [0.717, 1.165) is 10.6 Å². The topological polar surface area (TPSA) is 131 Å². The number of fused-ring (bicyclic) bond motifs is 1. The van der Waals surface area contributed by atoms with Crippen molar-refractivity contribution in [1.82, 2.24) is 19.8 Å². The average Bonchev–Trinajstić information content (AvgIpc) is 3.33. The highest BCUT2D eigenvalue weighted by Gasteiger charge is 2.18. The quantitative estimate of drug-likeness (QED) is 0.352. The van der Waals surface area contributed by atoms with Crippen molar-refractivity contribution in [3.8, 4) is 22.9 Å². The Morgan fingerprint density at radius 1 is 1.13 bits per heavy atom. The van der Waals surface area contributed by atoms with Crippen molar-refractivity contribution in [3.05, 3.63) is 63.1 Å². The van der Waals surface area contributed by atoms with Gasteiger partial charge in [-0.05, 0) is 29.8 Å². The summed E-state index contributed by atoms with van der Waals surface area (Å²) in [6.07, 6.45) is 0.503. The highest BCUT2D eigenvalue weighted by Crippen LogP contribution is 2.31. The summed E-state index contributed by atoms with van der Waals surface area (Å²) in [5, 5.41) is 24.5. The molecule has 0 fully saturated rings. The molecule has 2 aromatic carbocycles. The van der Waals surface area contributed by atoms with E-state index in [9.17, 15) is 10.1 Å². The first kappa shape index (κ1) is 19.7. The zero-order valence-corrected chi connectivity index (χ0v) is 17.0. The Labute approximate surface area is 175 Å². The molecule has 0 amide bonds. The lowest BCUT2D eigenvalue weighted by atomic mass is 10.0. The Morgan fingerprint density at radius 3 is 2.53 bits per heavy atom. The Hall–Kier alpha value is -3.57.